The molecule has 0 aromatic carbocycles. The number of hydrogen-bond donors (Lipinski definition) is 1. The molecule has 0 aliphatic rings. The molecule has 11 heavy (non-hydrogen) atoms. The van der Waals surface area contributed by atoms with Crippen LogP contribution in [-0.4, -0.2) is 15.2 Å². The van der Waals surface area contributed by atoms with E-state index in [2.05, 4.69) is 4.98 Å². The highest BCUT2D eigenvalue weighted by molar-refractivity contribution is 8.53. The average Bonchev–Trinajstić information content (AvgIpc) is 2.38. The number of halogens is 3. The minimum absolute atomic E-state index is 0.0211. The Balaban J connectivity index is 3.20. The average molecular weight is 218 g/mol. The van der Waals surface area contributed by atoms with Gasteiger partial charge in [0.25, 0.3) is 0 Å². The van der Waals surface area contributed by atoms with Crippen molar-refractivity contribution in [3.05, 3.63) is 18.3 Å². The predicted molar refractivity (Wildman–Crippen MR) is 44.9 cm³/mol. The lowest BCUT2D eigenvalue weighted by Gasteiger charge is -2.21. The second kappa shape index (κ2) is 2.47. The highest BCUT2D eigenvalue weighted by Crippen LogP contribution is 2.43. The van der Waals surface area contributed by atoms with E-state index in [1.165, 1.54) is 12.3 Å². The molecule has 0 fully saturated rings. The second-order valence-electron chi connectivity index (χ2n) is 2.05. The molecule has 1 aromatic rings. The molecule has 1 rings (SSSR count). The van der Waals surface area contributed by atoms with Crippen LogP contribution in [0.3, 0.4) is 0 Å². The zero-order chi connectivity index (χ0) is 8.56. The number of aromatic amines is 1. The molecule has 0 radical (unpaired) electrons. The summed E-state index contributed by atoms with van der Waals surface area (Å²) in [7, 11) is 6.46. The Morgan fingerprint density at radius 3 is 2.64 bits per heavy atom. The molecule has 0 saturated heterocycles. The third kappa shape index (κ3) is 1.75. The van der Waals surface area contributed by atoms with Gasteiger partial charge in [-0.25, -0.2) is 8.60 Å². The summed E-state index contributed by atoms with van der Waals surface area (Å²) in [6, 6.07) is 1.65. The van der Waals surface area contributed by atoms with Gasteiger partial charge in [0.2, 0.25) is 0 Å². The standard InChI is InChI=1S/C5H6Cl2FNOS/c6-11(7,10,4-8)5-2-1-3-9-5/h1-3,9H,4H2. The van der Waals surface area contributed by atoms with Crippen LogP contribution in [0.4, 0.5) is 4.39 Å². The highest BCUT2D eigenvalue weighted by atomic mass is 36.0. The van der Waals surface area contributed by atoms with E-state index in [0.717, 1.165) is 0 Å². The quantitative estimate of drug-likeness (QED) is 0.759. The molecule has 1 heterocycles. The molecule has 0 unspecified atom stereocenters. The normalized spacial score (nSPS) is 15.7. The number of H-pyrrole nitrogens is 1. The molecule has 2 nitrogen and oxygen atoms in total. The molecule has 0 atom stereocenters. The number of nitrogens with one attached hydrogen (secondary N) is 1. The van der Waals surface area contributed by atoms with Crippen LogP contribution in [-0.2, 0) is 7.49 Å². The minimum atomic E-state index is -4.25. The van der Waals surface area contributed by atoms with Crippen molar-refractivity contribution in [3.8, 4) is 0 Å². The van der Waals surface area contributed by atoms with Crippen LogP contribution in [0.1, 0.15) is 0 Å². The Morgan fingerprint density at radius 2 is 2.27 bits per heavy atom. The minimum Gasteiger partial charge on any atom is -0.354 e. The SMILES string of the molecule is O=S(Cl)(Cl)(CF)c1ccc[nH]1. The molecule has 0 bridgehead atoms. The summed E-state index contributed by atoms with van der Waals surface area (Å²) in [5.74, 6) is 0. The maximum Gasteiger partial charge on any atom is 0.175 e. The first-order valence-electron chi connectivity index (χ1n) is 2.73. The van der Waals surface area contributed by atoms with Gasteiger partial charge in [-0.05, 0) is 33.5 Å². The van der Waals surface area contributed by atoms with Gasteiger partial charge in [0.05, 0.1) is 0 Å². The van der Waals surface area contributed by atoms with Gasteiger partial charge < -0.3 is 4.98 Å². The van der Waals surface area contributed by atoms with Gasteiger partial charge in [0, 0.05) is 6.20 Å². The fraction of sp³-hybridized carbons (Fsp3) is 0.200. The summed E-state index contributed by atoms with van der Waals surface area (Å²) in [5, 5.41) is 0.0211. The van der Waals surface area contributed by atoms with Crippen LogP contribution in [0.15, 0.2) is 23.4 Å². The van der Waals surface area contributed by atoms with Crippen molar-refractivity contribution < 1.29 is 8.60 Å². The first-order chi connectivity index (χ1) is 4.94. The van der Waals surface area contributed by atoms with Crippen molar-refractivity contribution in [3.63, 3.8) is 0 Å². The molecule has 0 spiro atoms. The lowest BCUT2D eigenvalue weighted by atomic mass is 10.7. The number of hydrogen-bond acceptors (Lipinski definition) is 1. The molecule has 0 saturated carbocycles. The van der Waals surface area contributed by atoms with E-state index in [9.17, 15) is 8.60 Å². The van der Waals surface area contributed by atoms with Crippen LogP contribution in [0.5, 0.6) is 0 Å². The van der Waals surface area contributed by atoms with E-state index in [0.29, 0.717) is 0 Å². The summed E-state index contributed by atoms with van der Waals surface area (Å²) in [6.07, 6.45) is 1.48. The Labute approximate surface area is 72.1 Å². The van der Waals surface area contributed by atoms with Crippen molar-refractivity contribution in [1.82, 2.24) is 4.98 Å². The van der Waals surface area contributed by atoms with Gasteiger partial charge in [-0.15, -0.1) is 0 Å². The second-order valence-corrected chi connectivity index (χ2v) is 8.90. The maximum absolute atomic E-state index is 12.2. The van der Waals surface area contributed by atoms with Gasteiger partial charge in [0.15, 0.2) is 6.01 Å². The van der Waals surface area contributed by atoms with Crippen LogP contribution < -0.4 is 0 Å². The molecular weight excluding hydrogens is 212 g/mol. The number of rotatable bonds is 2. The fourth-order valence-corrected chi connectivity index (χ4v) is 1.93. The van der Waals surface area contributed by atoms with Gasteiger partial charge in [0.1, 0.15) is 12.5 Å². The molecule has 0 amide bonds. The Morgan fingerprint density at radius 1 is 1.64 bits per heavy atom. The summed E-state index contributed by atoms with van der Waals surface area (Å²) < 4.78 is 23.5. The van der Waals surface area contributed by atoms with Crippen molar-refractivity contribution >= 4 is 28.9 Å². The van der Waals surface area contributed by atoms with E-state index in [4.69, 9.17) is 21.4 Å². The Bertz CT molecular complexity index is 304. The Hall–Kier alpha value is -0.0600. The predicted octanol–water partition coefficient (Wildman–Crippen LogP) is 2.43. The molecule has 1 aromatic heterocycles. The van der Waals surface area contributed by atoms with Gasteiger partial charge in [-0.1, -0.05) is 0 Å². The van der Waals surface area contributed by atoms with Crippen LogP contribution in [0.25, 0.3) is 0 Å². The topological polar surface area (TPSA) is 32.9 Å². The van der Waals surface area contributed by atoms with Gasteiger partial charge in [-0.2, -0.15) is 0 Å². The highest BCUT2D eigenvalue weighted by Gasteiger charge is 2.35. The van der Waals surface area contributed by atoms with Crippen LogP contribution in [0.2, 0.25) is 0 Å². The first kappa shape index (κ1) is 9.03. The van der Waals surface area contributed by atoms with Crippen molar-refractivity contribution in [2.45, 2.75) is 5.03 Å². The van der Waals surface area contributed by atoms with Crippen LogP contribution in [0, 0.1) is 0 Å². The molecule has 0 aliphatic heterocycles. The zero-order valence-electron chi connectivity index (χ0n) is 5.39. The number of alkyl halides is 1. The molecule has 64 valence electrons. The molecule has 1 N–H and O–H groups in total. The van der Waals surface area contributed by atoms with E-state index < -0.39 is 13.5 Å². The van der Waals surface area contributed by atoms with Gasteiger partial charge >= 0.3 is 0 Å². The fourth-order valence-electron chi connectivity index (χ4n) is 0.610. The van der Waals surface area contributed by atoms with Crippen molar-refractivity contribution in [2.75, 3.05) is 6.01 Å². The summed E-state index contributed by atoms with van der Waals surface area (Å²) in [6.45, 7) is 0. The van der Waals surface area contributed by atoms with E-state index in [1.807, 2.05) is 0 Å². The largest absolute Gasteiger partial charge is 0.354 e. The lowest BCUT2D eigenvalue weighted by Crippen LogP contribution is -2.19. The third-order valence-corrected chi connectivity index (χ3v) is 4.09. The van der Waals surface area contributed by atoms with Crippen molar-refractivity contribution in [1.29, 1.82) is 0 Å². The summed E-state index contributed by atoms with van der Waals surface area (Å²) in [4.78, 5) is 2.50. The Kier molecular flexibility index (Phi) is 2.03. The molecule has 6 heteroatoms. The molecular formula is C5H6Cl2FNOS. The summed E-state index contributed by atoms with van der Waals surface area (Å²) >= 11 is 0. The maximum atomic E-state index is 12.2. The summed E-state index contributed by atoms with van der Waals surface area (Å²) in [5.41, 5.74) is 0. The van der Waals surface area contributed by atoms with E-state index in [1.54, 1.807) is 6.07 Å². The number of aromatic nitrogens is 1. The zero-order valence-corrected chi connectivity index (χ0v) is 7.72. The monoisotopic (exact) mass is 217 g/mol. The van der Waals surface area contributed by atoms with E-state index in [-0.39, 0.29) is 5.03 Å². The van der Waals surface area contributed by atoms with E-state index >= 15 is 0 Å². The third-order valence-electron chi connectivity index (χ3n) is 1.16. The smallest absolute Gasteiger partial charge is 0.175 e. The van der Waals surface area contributed by atoms with Crippen molar-refractivity contribution in [2.24, 2.45) is 0 Å². The lowest BCUT2D eigenvalue weighted by molar-refractivity contribution is 0.573. The van der Waals surface area contributed by atoms with Crippen LogP contribution >= 0.6 is 21.4 Å². The van der Waals surface area contributed by atoms with Gasteiger partial charge in [-0.3, -0.25) is 0 Å². The molecule has 0 aliphatic carbocycles. The first-order valence-corrected chi connectivity index (χ1v) is 6.52.